The van der Waals surface area contributed by atoms with E-state index in [1.807, 2.05) is 19.9 Å². The number of H-pyrrole nitrogens is 2. The van der Waals surface area contributed by atoms with Crippen molar-refractivity contribution in [3.05, 3.63) is 65.1 Å². The van der Waals surface area contributed by atoms with E-state index >= 15 is 0 Å². The van der Waals surface area contributed by atoms with Crippen LogP contribution in [0.25, 0.3) is 22.3 Å². The molecule has 0 spiro atoms. The number of ether oxygens (including phenoxy) is 1. The number of nitrogens with zero attached hydrogens (tertiary/aromatic N) is 3. The van der Waals surface area contributed by atoms with E-state index in [0.717, 1.165) is 65.4 Å². The van der Waals surface area contributed by atoms with Crippen molar-refractivity contribution in [2.45, 2.75) is 20.3 Å². The Morgan fingerprint density at radius 3 is 2.77 bits per heavy atom. The van der Waals surface area contributed by atoms with Crippen LogP contribution in [0.3, 0.4) is 0 Å². The molecule has 0 amide bonds. The summed E-state index contributed by atoms with van der Waals surface area (Å²) in [5.74, 6) is -0.00280. The Labute approximate surface area is 180 Å². The molecule has 4 heterocycles. The fraction of sp³-hybridized carbons (Fsp3) is 0.292. The molecule has 158 valence electrons. The van der Waals surface area contributed by atoms with E-state index in [1.54, 1.807) is 6.20 Å². The molecule has 4 aromatic rings. The fourth-order valence-electron chi connectivity index (χ4n) is 4.03. The van der Waals surface area contributed by atoms with Crippen molar-refractivity contribution in [2.24, 2.45) is 0 Å². The molecular formula is C24H25N5O2. The number of rotatable bonds is 5. The standard InChI is InChI=1S/C24H25N5O2/c1-15-16(2)27-28-23(15)22(30)11-17-10-19-13-21(26-24(19)25-14-17)18-4-3-5-20(12-18)29-6-8-31-9-7-29/h3-5,10,12-14H,6-9,11H2,1-2H3,(H,25,26)(H,27,28). The summed E-state index contributed by atoms with van der Waals surface area (Å²) in [4.78, 5) is 23.0. The van der Waals surface area contributed by atoms with Crippen LogP contribution in [0.4, 0.5) is 5.69 Å². The Morgan fingerprint density at radius 1 is 1.16 bits per heavy atom. The quantitative estimate of drug-likeness (QED) is 0.484. The van der Waals surface area contributed by atoms with Gasteiger partial charge < -0.3 is 14.6 Å². The molecule has 0 bridgehead atoms. The molecule has 3 aromatic heterocycles. The minimum atomic E-state index is -0.00280. The van der Waals surface area contributed by atoms with Crippen LogP contribution in [0, 0.1) is 13.8 Å². The van der Waals surface area contributed by atoms with Crippen molar-refractivity contribution in [1.82, 2.24) is 20.2 Å². The number of aryl methyl sites for hydroxylation is 1. The molecule has 0 radical (unpaired) electrons. The van der Waals surface area contributed by atoms with Crippen LogP contribution in [-0.4, -0.2) is 52.3 Å². The third-order valence-corrected chi connectivity index (χ3v) is 5.94. The lowest BCUT2D eigenvalue weighted by Gasteiger charge is -2.29. The largest absolute Gasteiger partial charge is 0.378 e. The van der Waals surface area contributed by atoms with Crippen LogP contribution in [0.15, 0.2) is 42.6 Å². The normalized spacial score (nSPS) is 14.3. The monoisotopic (exact) mass is 415 g/mol. The highest BCUT2D eigenvalue weighted by atomic mass is 16.5. The van der Waals surface area contributed by atoms with Crippen LogP contribution in [0.5, 0.6) is 0 Å². The summed E-state index contributed by atoms with van der Waals surface area (Å²) < 4.78 is 5.46. The lowest BCUT2D eigenvalue weighted by atomic mass is 10.0. The van der Waals surface area contributed by atoms with Gasteiger partial charge in [-0.3, -0.25) is 9.89 Å². The molecule has 1 aromatic carbocycles. The molecule has 2 N–H and O–H groups in total. The molecule has 5 rings (SSSR count). The summed E-state index contributed by atoms with van der Waals surface area (Å²) in [6, 6.07) is 12.6. The van der Waals surface area contributed by atoms with Gasteiger partial charge >= 0.3 is 0 Å². The number of pyridine rings is 1. The van der Waals surface area contributed by atoms with Gasteiger partial charge in [0.05, 0.1) is 13.2 Å². The highest BCUT2D eigenvalue weighted by molar-refractivity contribution is 5.97. The molecule has 0 unspecified atom stereocenters. The molecule has 1 aliphatic heterocycles. The highest BCUT2D eigenvalue weighted by Crippen LogP contribution is 2.28. The zero-order valence-corrected chi connectivity index (χ0v) is 17.7. The third kappa shape index (κ3) is 3.84. The second-order valence-corrected chi connectivity index (χ2v) is 8.04. The number of nitrogens with one attached hydrogen (secondary N) is 2. The van der Waals surface area contributed by atoms with Gasteiger partial charge in [-0.05, 0) is 43.7 Å². The molecule has 0 aliphatic carbocycles. The molecule has 31 heavy (non-hydrogen) atoms. The summed E-state index contributed by atoms with van der Waals surface area (Å²) in [6.07, 6.45) is 2.04. The maximum atomic E-state index is 12.7. The zero-order valence-electron chi connectivity index (χ0n) is 17.7. The van der Waals surface area contributed by atoms with E-state index in [2.05, 4.69) is 55.4 Å². The van der Waals surface area contributed by atoms with Gasteiger partial charge in [-0.25, -0.2) is 4.98 Å². The SMILES string of the molecule is Cc1[nH]nc(C(=O)Cc2cnc3[nH]c(-c4cccc(N5CCOCC5)c4)cc3c2)c1C. The van der Waals surface area contributed by atoms with Crippen molar-refractivity contribution in [3.8, 4) is 11.3 Å². The lowest BCUT2D eigenvalue weighted by molar-refractivity contribution is 0.0987. The first-order valence-corrected chi connectivity index (χ1v) is 10.5. The van der Waals surface area contributed by atoms with Crippen LogP contribution >= 0.6 is 0 Å². The molecule has 0 atom stereocenters. The first kappa shape index (κ1) is 19.5. The number of hydrogen-bond donors (Lipinski definition) is 2. The summed E-state index contributed by atoms with van der Waals surface area (Å²) in [6.45, 7) is 7.17. The van der Waals surface area contributed by atoms with E-state index in [4.69, 9.17) is 4.74 Å². The number of aromatic amines is 2. The van der Waals surface area contributed by atoms with Gasteiger partial charge in [-0.15, -0.1) is 0 Å². The van der Waals surface area contributed by atoms with Crippen molar-refractivity contribution in [2.75, 3.05) is 31.2 Å². The maximum Gasteiger partial charge on any atom is 0.187 e. The predicted octanol–water partition coefficient (Wildman–Crippen LogP) is 3.83. The van der Waals surface area contributed by atoms with E-state index in [9.17, 15) is 4.79 Å². The Bertz CT molecular complexity index is 1250. The van der Waals surface area contributed by atoms with Gasteiger partial charge in [0.2, 0.25) is 0 Å². The number of morpholine rings is 1. The number of carbonyl (C=O) groups excluding carboxylic acids is 1. The van der Waals surface area contributed by atoms with Gasteiger partial charge in [-0.2, -0.15) is 5.10 Å². The molecule has 0 saturated carbocycles. The molecule has 1 aliphatic rings. The first-order valence-electron chi connectivity index (χ1n) is 10.5. The second kappa shape index (κ2) is 8.00. The molecule has 7 nitrogen and oxygen atoms in total. The number of anilines is 1. The van der Waals surface area contributed by atoms with Crippen molar-refractivity contribution in [1.29, 1.82) is 0 Å². The highest BCUT2D eigenvalue weighted by Gasteiger charge is 2.16. The summed E-state index contributed by atoms with van der Waals surface area (Å²) in [5.41, 5.74) is 7.35. The van der Waals surface area contributed by atoms with Gasteiger partial charge in [0.1, 0.15) is 11.3 Å². The van der Waals surface area contributed by atoms with E-state index in [-0.39, 0.29) is 12.2 Å². The number of benzene rings is 1. The van der Waals surface area contributed by atoms with Gasteiger partial charge in [0.15, 0.2) is 5.78 Å². The van der Waals surface area contributed by atoms with E-state index in [1.165, 1.54) is 5.69 Å². The van der Waals surface area contributed by atoms with Crippen LogP contribution in [0.1, 0.15) is 27.3 Å². The predicted molar refractivity (Wildman–Crippen MR) is 121 cm³/mol. The Morgan fingerprint density at radius 2 is 2.00 bits per heavy atom. The molecule has 7 heteroatoms. The van der Waals surface area contributed by atoms with Gasteiger partial charge in [-0.1, -0.05) is 12.1 Å². The number of carbonyl (C=O) groups is 1. The smallest absolute Gasteiger partial charge is 0.187 e. The molecule has 1 fully saturated rings. The van der Waals surface area contributed by atoms with E-state index < -0.39 is 0 Å². The first-order chi connectivity index (χ1) is 15.1. The summed E-state index contributed by atoms with van der Waals surface area (Å²) in [5, 5.41) is 8.02. The zero-order chi connectivity index (χ0) is 21.4. The minimum Gasteiger partial charge on any atom is -0.378 e. The van der Waals surface area contributed by atoms with Crippen LogP contribution in [0.2, 0.25) is 0 Å². The molecule has 1 saturated heterocycles. The minimum absolute atomic E-state index is 0.00280. The number of hydrogen-bond acceptors (Lipinski definition) is 5. The average Bonchev–Trinajstić information content (AvgIpc) is 3.37. The third-order valence-electron chi connectivity index (χ3n) is 5.94. The van der Waals surface area contributed by atoms with Gasteiger partial charge in [0, 0.05) is 59.3 Å². The number of Topliss-reactive ketones (excluding diaryl/α,β-unsaturated/α-hetero) is 1. The summed E-state index contributed by atoms with van der Waals surface area (Å²) >= 11 is 0. The van der Waals surface area contributed by atoms with E-state index in [0.29, 0.717) is 5.69 Å². The maximum absolute atomic E-state index is 12.7. The second-order valence-electron chi connectivity index (χ2n) is 8.04. The average molecular weight is 415 g/mol. The molecular weight excluding hydrogens is 390 g/mol. The van der Waals surface area contributed by atoms with Crippen molar-refractivity contribution < 1.29 is 9.53 Å². The number of aromatic nitrogens is 4. The van der Waals surface area contributed by atoms with Crippen molar-refractivity contribution in [3.63, 3.8) is 0 Å². The Kier molecular flexibility index (Phi) is 5.03. The summed E-state index contributed by atoms with van der Waals surface area (Å²) in [7, 11) is 0. The fourth-order valence-corrected chi connectivity index (χ4v) is 4.03. The van der Waals surface area contributed by atoms with Gasteiger partial charge in [0.25, 0.3) is 0 Å². The Hall–Kier alpha value is -3.45. The van der Waals surface area contributed by atoms with Crippen molar-refractivity contribution >= 4 is 22.5 Å². The number of ketones is 1. The Balaban J connectivity index is 1.40. The van der Waals surface area contributed by atoms with Crippen LogP contribution < -0.4 is 4.90 Å². The topological polar surface area (TPSA) is 86.9 Å². The lowest BCUT2D eigenvalue weighted by Crippen LogP contribution is -2.36. The van der Waals surface area contributed by atoms with Crippen LogP contribution in [-0.2, 0) is 11.2 Å². The number of fused-ring (bicyclic) bond motifs is 1.